The highest BCUT2D eigenvalue weighted by atomic mass is 16.5. The maximum Gasteiger partial charge on any atom is 0.224 e. The molecule has 2 saturated heterocycles. The number of nitrogens with zero attached hydrogens (tertiary/aromatic N) is 1. The highest BCUT2D eigenvalue weighted by Gasteiger charge is 2.46. The van der Waals surface area contributed by atoms with Crippen molar-refractivity contribution in [3.8, 4) is 5.75 Å². The van der Waals surface area contributed by atoms with E-state index in [1.807, 2.05) is 30.3 Å². The van der Waals surface area contributed by atoms with Crippen molar-refractivity contribution >= 4 is 5.91 Å². The van der Waals surface area contributed by atoms with E-state index in [1.165, 1.54) is 12.0 Å². The molecule has 0 spiro atoms. The zero-order valence-electron chi connectivity index (χ0n) is 15.0. The third-order valence-electron chi connectivity index (χ3n) is 5.62. The van der Waals surface area contributed by atoms with E-state index in [1.54, 1.807) is 0 Å². The number of fused-ring (bicyclic) bond motifs is 1. The quantitative estimate of drug-likeness (QED) is 0.812. The summed E-state index contributed by atoms with van der Waals surface area (Å²) in [5.74, 6) is 1.10. The van der Waals surface area contributed by atoms with Crippen molar-refractivity contribution in [3.63, 3.8) is 0 Å². The van der Waals surface area contributed by atoms with Gasteiger partial charge in [-0.3, -0.25) is 9.69 Å². The zero-order valence-corrected chi connectivity index (χ0v) is 15.0. The fourth-order valence-corrected chi connectivity index (χ4v) is 4.44. The minimum atomic E-state index is 0.0828. The van der Waals surface area contributed by atoms with Gasteiger partial charge in [-0.2, -0.15) is 0 Å². The second-order valence-corrected chi connectivity index (χ2v) is 7.17. The van der Waals surface area contributed by atoms with Gasteiger partial charge in [-0.1, -0.05) is 48.5 Å². The molecule has 2 aliphatic rings. The van der Waals surface area contributed by atoms with Crippen LogP contribution in [0.4, 0.5) is 0 Å². The van der Waals surface area contributed by atoms with Crippen molar-refractivity contribution in [2.75, 3.05) is 19.7 Å². The minimum Gasteiger partial charge on any atom is -0.492 e. The highest BCUT2D eigenvalue weighted by Crippen LogP contribution is 2.44. The molecular weight excluding hydrogens is 324 g/mol. The van der Waals surface area contributed by atoms with Gasteiger partial charge in [0.1, 0.15) is 12.4 Å². The average molecular weight is 350 g/mol. The van der Waals surface area contributed by atoms with Crippen LogP contribution in [-0.4, -0.2) is 36.5 Å². The lowest BCUT2D eigenvalue weighted by atomic mass is 9.93. The first-order valence-corrected chi connectivity index (χ1v) is 9.59. The molecule has 136 valence electrons. The van der Waals surface area contributed by atoms with Crippen LogP contribution in [0.3, 0.4) is 0 Å². The lowest BCUT2D eigenvalue weighted by Crippen LogP contribution is -2.39. The van der Waals surface area contributed by atoms with Crippen molar-refractivity contribution in [1.29, 1.82) is 0 Å². The second-order valence-electron chi connectivity index (χ2n) is 7.17. The van der Waals surface area contributed by atoms with Gasteiger partial charge in [0.15, 0.2) is 0 Å². The van der Waals surface area contributed by atoms with Gasteiger partial charge >= 0.3 is 0 Å². The standard InChI is InChI=1S/C22H26N2O2/c25-22(23-13-15-26-18-10-5-2-6-11-18)19-16-21(17-8-3-1-4-9-17)24-14-7-12-20(19)24/h1-6,8-11,19-21H,7,12-16H2,(H,23,25)/t19-,20+,21-/m0/s1. The Kier molecular flexibility index (Phi) is 5.21. The number of hydrogen-bond donors (Lipinski definition) is 1. The summed E-state index contributed by atoms with van der Waals surface area (Å²) in [4.78, 5) is 15.3. The molecule has 2 aromatic carbocycles. The van der Waals surface area contributed by atoms with Crippen LogP contribution in [0.15, 0.2) is 60.7 Å². The van der Waals surface area contributed by atoms with E-state index in [4.69, 9.17) is 4.74 Å². The molecule has 4 nitrogen and oxygen atoms in total. The lowest BCUT2D eigenvalue weighted by molar-refractivity contribution is -0.125. The molecule has 2 fully saturated rings. The summed E-state index contributed by atoms with van der Waals surface area (Å²) in [6.07, 6.45) is 3.23. The van der Waals surface area contributed by atoms with Gasteiger partial charge in [-0.05, 0) is 43.5 Å². The molecule has 0 bridgehead atoms. The SMILES string of the molecule is O=C(NCCOc1ccccc1)[C@H]1C[C@@H](c2ccccc2)N2CCC[C@H]12. The van der Waals surface area contributed by atoms with Crippen LogP contribution in [0.2, 0.25) is 0 Å². The Labute approximate surface area is 155 Å². The van der Waals surface area contributed by atoms with Crippen LogP contribution >= 0.6 is 0 Å². The number of ether oxygens (including phenoxy) is 1. The maximum absolute atomic E-state index is 12.8. The van der Waals surface area contributed by atoms with E-state index in [0.29, 0.717) is 25.2 Å². The molecule has 1 amide bonds. The van der Waals surface area contributed by atoms with Crippen LogP contribution in [0.1, 0.15) is 30.9 Å². The molecule has 2 aliphatic heterocycles. The van der Waals surface area contributed by atoms with Crippen LogP contribution in [-0.2, 0) is 4.79 Å². The number of benzene rings is 2. The summed E-state index contributed by atoms with van der Waals surface area (Å²) < 4.78 is 5.67. The van der Waals surface area contributed by atoms with Crippen LogP contribution in [0, 0.1) is 5.92 Å². The smallest absolute Gasteiger partial charge is 0.224 e. The number of hydrogen-bond acceptors (Lipinski definition) is 3. The summed E-state index contributed by atoms with van der Waals surface area (Å²) in [5.41, 5.74) is 1.34. The van der Waals surface area contributed by atoms with E-state index < -0.39 is 0 Å². The van der Waals surface area contributed by atoms with Gasteiger partial charge in [0, 0.05) is 12.1 Å². The molecule has 0 saturated carbocycles. The highest BCUT2D eigenvalue weighted by molar-refractivity contribution is 5.80. The summed E-state index contributed by atoms with van der Waals surface area (Å²) in [6, 6.07) is 21.1. The molecule has 26 heavy (non-hydrogen) atoms. The van der Waals surface area contributed by atoms with Gasteiger partial charge in [0.05, 0.1) is 12.5 Å². The first-order valence-electron chi connectivity index (χ1n) is 9.59. The van der Waals surface area contributed by atoms with Crippen LogP contribution in [0.25, 0.3) is 0 Å². The number of nitrogens with one attached hydrogen (secondary N) is 1. The molecule has 0 radical (unpaired) electrons. The van der Waals surface area contributed by atoms with Gasteiger partial charge in [0.2, 0.25) is 5.91 Å². The Morgan fingerprint density at radius 2 is 1.81 bits per heavy atom. The second kappa shape index (κ2) is 7.92. The number of rotatable bonds is 6. The molecule has 4 heteroatoms. The first kappa shape index (κ1) is 17.1. The Morgan fingerprint density at radius 3 is 2.58 bits per heavy atom. The van der Waals surface area contributed by atoms with Crippen molar-refractivity contribution < 1.29 is 9.53 Å². The van der Waals surface area contributed by atoms with Crippen molar-refractivity contribution in [2.24, 2.45) is 5.92 Å². The minimum absolute atomic E-state index is 0.0828. The Morgan fingerprint density at radius 1 is 1.08 bits per heavy atom. The molecule has 0 aliphatic carbocycles. The van der Waals surface area contributed by atoms with E-state index in [2.05, 4.69) is 40.5 Å². The normalized spacial score (nSPS) is 25.0. The number of para-hydroxylation sites is 1. The van der Waals surface area contributed by atoms with Crippen molar-refractivity contribution in [1.82, 2.24) is 10.2 Å². The van der Waals surface area contributed by atoms with Gasteiger partial charge in [0.25, 0.3) is 0 Å². The predicted molar refractivity (Wildman–Crippen MR) is 102 cm³/mol. The Hall–Kier alpha value is -2.33. The first-order chi connectivity index (χ1) is 12.8. The van der Waals surface area contributed by atoms with Gasteiger partial charge < -0.3 is 10.1 Å². The van der Waals surface area contributed by atoms with Gasteiger partial charge in [-0.25, -0.2) is 0 Å². The molecule has 3 atom stereocenters. The summed E-state index contributed by atoms with van der Waals surface area (Å²) >= 11 is 0. The molecule has 2 heterocycles. The van der Waals surface area contributed by atoms with Gasteiger partial charge in [-0.15, -0.1) is 0 Å². The molecule has 1 N–H and O–H groups in total. The van der Waals surface area contributed by atoms with E-state index in [0.717, 1.165) is 25.1 Å². The average Bonchev–Trinajstić information content (AvgIpc) is 3.29. The summed E-state index contributed by atoms with van der Waals surface area (Å²) in [6.45, 7) is 2.15. The molecule has 4 rings (SSSR count). The molecular formula is C22H26N2O2. The Bertz CT molecular complexity index is 719. The summed E-state index contributed by atoms with van der Waals surface area (Å²) in [5, 5.41) is 3.09. The summed E-state index contributed by atoms with van der Waals surface area (Å²) in [7, 11) is 0. The lowest BCUT2D eigenvalue weighted by Gasteiger charge is -2.24. The largest absolute Gasteiger partial charge is 0.492 e. The molecule has 2 aromatic rings. The Balaban J connectivity index is 1.33. The van der Waals surface area contributed by atoms with E-state index in [9.17, 15) is 4.79 Å². The van der Waals surface area contributed by atoms with E-state index >= 15 is 0 Å². The van der Waals surface area contributed by atoms with Crippen molar-refractivity contribution in [3.05, 3.63) is 66.2 Å². The van der Waals surface area contributed by atoms with Crippen LogP contribution < -0.4 is 10.1 Å². The molecule has 0 aromatic heterocycles. The monoisotopic (exact) mass is 350 g/mol. The predicted octanol–water partition coefficient (Wildman–Crippen LogP) is 3.41. The fourth-order valence-electron chi connectivity index (χ4n) is 4.44. The number of carbonyl (C=O) groups excluding carboxylic acids is 1. The maximum atomic E-state index is 12.8. The van der Waals surface area contributed by atoms with Crippen LogP contribution in [0.5, 0.6) is 5.75 Å². The molecule has 0 unspecified atom stereocenters. The number of carbonyl (C=O) groups is 1. The fraction of sp³-hybridized carbons (Fsp3) is 0.409. The van der Waals surface area contributed by atoms with Crippen molar-refractivity contribution in [2.45, 2.75) is 31.3 Å². The number of amides is 1. The zero-order chi connectivity index (χ0) is 17.8. The third-order valence-corrected chi connectivity index (χ3v) is 5.62. The topological polar surface area (TPSA) is 41.6 Å². The van der Waals surface area contributed by atoms with E-state index in [-0.39, 0.29) is 11.8 Å². The third kappa shape index (κ3) is 3.61.